The van der Waals surface area contributed by atoms with Crippen molar-refractivity contribution >= 4 is 35.6 Å². The maximum atomic E-state index is 12.0. The van der Waals surface area contributed by atoms with Crippen LogP contribution in [0.4, 0.5) is 5.69 Å². The number of nitrogens with two attached hydrogens (primary N) is 1. The highest BCUT2D eigenvalue weighted by Crippen LogP contribution is 2.19. The molecule has 0 spiro atoms. The van der Waals surface area contributed by atoms with E-state index in [1.807, 2.05) is 19.1 Å². The van der Waals surface area contributed by atoms with E-state index in [0.717, 1.165) is 31.6 Å². The molecule has 0 radical (unpaired) electrons. The Morgan fingerprint density at radius 2 is 2.33 bits per heavy atom. The van der Waals surface area contributed by atoms with Crippen molar-refractivity contribution in [3.63, 3.8) is 0 Å². The number of piperidine rings is 1. The number of carbonyl (C=O) groups is 1. The zero-order valence-electron chi connectivity index (χ0n) is 12.2. The Morgan fingerprint density at radius 3 is 3.00 bits per heavy atom. The lowest BCUT2D eigenvalue weighted by Crippen LogP contribution is -2.45. The first-order valence-corrected chi connectivity index (χ1v) is 7.46. The summed E-state index contributed by atoms with van der Waals surface area (Å²) in [5, 5.41) is 3.50. The molecule has 1 saturated heterocycles. The lowest BCUT2D eigenvalue weighted by molar-refractivity contribution is -0.117. The fourth-order valence-corrected chi connectivity index (χ4v) is 2.82. The largest absolute Gasteiger partial charge is 0.328 e. The molecule has 0 bridgehead atoms. The van der Waals surface area contributed by atoms with Crippen LogP contribution in [0.1, 0.15) is 19.8 Å². The lowest BCUT2D eigenvalue weighted by Gasteiger charge is -2.34. The predicted octanol–water partition coefficient (Wildman–Crippen LogP) is 2.76. The van der Waals surface area contributed by atoms with Gasteiger partial charge in [0.1, 0.15) is 0 Å². The van der Waals surface area contributed by atoms with Crippen molar-refractivity contribution in [1.29, 1.82) is 0 Å². The Bertz CT molecular complexity index is 468. The number of benzene rings is 1. The highest BCUT2D eigenvalue weighted by molar-refractivity contribution is 6.30. The van der Waals surface area contributed by atoms with E-state index in [-0.39, 0.29) is 24.4 Å². The smallest absolute Gasteiger partial charge is 0.238 e. The minimum absolute atomic E-state index is 0. The SMILES string of the molecule is CC(N)C1CCCN(CC(=O)Nc2cccc(Cl)c2)C1.Cl. The van der Waals surface area contributed by atoms with Gasteiger partial charge in [0.2, 0.25) is 5.91 Å². The Labute approximate surface area is 137 Å². The molecule has 2 rings (SSSR count). The van der Waals surface area contributed by atoms with E-state index in [9.17, 15) is 4.79 Å². The van der Waals surface area contributed by atoms with Crippen LogP contribution in [-0.2, 0) is 4.79 Å². The molecule has 2 atom stereocenters. The van der Waals surface area contributed by atoms with Crippen molar-refractivity contribution in [2.75, 3.05) is 25.0 Å². The van der Waals surface area contributed by atoms with Gasteiger partial charge >= 0.3 is 0 Å². The molecule has 3 N–H and O–H groups in total. The summed E-state index contributed by atoms with van der Waals surface area (Å²) in [6.07, 6.45) is 2.26. The van der Waals surface area contributed by atoms with Gasteiger partial charge in [-0.15, -0.1) is 12.4 Å². The average Bonchev–Trinajstić information content (AvgIpc) is 2.38. The third-order valence-corrected chi connectivity index (χ3v) is 4.00. The van der Waals surface area contributed by atoms with Gasteiger partial charge in [-0.3, -0.25) is 9.69 Å². The van der Waals surface area contributed by atoms with E-state index in [0.29, 0.717) is 17.5 Å². The van der Waals surface area contributed by atoms with Crippen LogP contribution in [0, 0.1) is 5.92 Å². The van der Waals surface area contributed by atoms with Crippen molar-refractivity contribution in [3.05, 3.63) is 29.3 Å². The second kappa shape index (κ2) is 8.59. The molecule has 4 nitrogen and oxygen atoms in total. The van der Waals surface area contributed by atoms with Gasteiger partial charge < -0.3 is 11.1 Å². The van der Waals surface area contributed by atoms with Gasteiger partial charge in [0.05, 0.1) is 6.54 Å². The van der Waals surface area contributed by atoms with E-state index in [2.05, 4.69) is 10.2 Å². The summed E-state index contributed by atoms with van der Waals surface area (Å²) in [6, 6.07) is 7.39. The quantitative estimate of drug-likeness (QED) is 0.891. The zero-order chi connectivity index (χ0) is 14.5. The first-order chi connectivity index (χ1) is 9.54. The Morgan fingerprint density at radius 1 is 1.57 bits per heavy atom. The van der Waals surface area contributed by atoms with Gasteiger partial charge in [0.15, 0.2) is 0 Å². The third-order valence-electron chi connectivity index (χ3n) is 3.76. The van der Waals surface area contributed by atoms with E-state index in [4.69, 9.17) is 17.3 Å². The molecule has 1 heterocycles. The second-order valence-electron chi connectivity index (χ2n) is 5.56. The van der Waals surface area contributed by atoms with Crippen LogP contribution in [0.2, 0.25) is 5.02 Å². The number of nitrogens with zero attached hydrogens (tertiary/aromatic N) is 1. The van der Waals surface area contributed by atoms with Gasteiger partial charge in [-0.05, 0) is 50.4 Å². The highest BCUT2D eigenvalue weighted by Gasteiger charge is 2.23. The van der Waals surface area contributed by atoms with Gasteiger partial charge in [-0.25, -0.2) is 0 Å². The van der Waals surface area contributed by atoms with Crippen molar-refractivity contribution in [3.8, 4) is 0 Å². The Kier molecular flexibility index (Phi) is 7.46. The molecule has 6 heteroatoms. The summed E-state index contributed by atoms with van der Waals surface area (Å²) in [5.41, 5.74) is 6.70. The van der Waals surface area contributed by atoms with Crippen molar-refractivity contribution in [2.24, 2.45) is 11.7 Å². The molecule has 21 heavy (non-hydrogen) atoms. The van der Waals surface area contributed by atoms with Crippen LogP contribution in [0.25, 0.3) is 0 Å². The number of nitrogens with one attached hydrogen (secondary N) is 1. The van der Waals surface area contributed by atoms with Crippen molar-refractivity contribution in [2.45, 2.75) is 25.8 Å². The summed E-state index contributed by atoms with van der Waals surface area (Å²) in [6.45, 7) is 4.32. The monoisotopic (exact) mass is 331 g/mol. The van der Waals surface area contributed by atoms with Crippen LogP contribution in [-0.4, -0.2) is 36.5 Å². The topological polar surface area (TPSA) is 58.4 Å². The van der Waals surface area contributed by atoms with E-state index < -0.39 is 0 Å². The molecule has 2 unspecified atom stereocenters. The molecule has 1 aromatic carbocycles. The van der Waals surface area contributed by atoms with Crippen LogP contribution >= 0.6 is 24.0 Å². The number of anilines is 1. The standard InChI is InChI=1S/C15H22ClN3O.ClH/c1-11(17)12-4-3-7-19(9-12)10-15(20)18-14-6-2-5-13(16)8-14;/h2,5-6,8,11-12H,3-4,7,9-10,17H2,1H3,(H,18,20);1H. The summed E-state index contributed by atoms with van der Waals surface area (Å²) >= 11 is 5.90. The van der Waals surface area contributed by atoms with Gasteiger partial charge in [-0.1, -0.05) is 17.7 Å². The fourth-order valence-electron chi connectivity index (χ4n) is 2.63. The van der Waals surface area contributed by atoms with E-state index in [1.54, 1.807) is 12.1 Å². The number of hydrogen-bond acceptors (Lipinski definition) is 3. The molecule has 0 aliphatic carbocycles. The van der Waals surface area contributed by atoms with Crippen LogP contribution in [0.15, 0.2) is 24.3 Å². The summed E-state index contributed by atoms with van der Waals surface area (Å²) in [5.74, 6) is 0.486. The predicted molar refractivity (Wildman–Crippen MR) is 90.1 cm³/mol. The fraction of sp³-hybridized carbons (Fsp3) is 0.533. The van der Waals surface area contributed by atoms with Crippen LogP contribution < -0.4 is 11.1 Å². The number of amides is 1. The summed E-state index contributed by atoms with van der Waals surface area (Å²) in [4.78, 5) is 14.2. The third kappa shape index (κ3) is 5.83. The number of likely N-dealkylation sites (tertiary alicyclic amines) is 1. The molecule has 0 aromatic heterocycles. The second-order valence-corrected chi connectivity index (χ2v) is 5.99. The van der Waals surface area contributed by atoms with Crippen LogP contribution in [0.3, 0.4) is 0 Å². The first-order valence-electron chi connectivity index (χ1n) is 7.08. The molecule has 118 valence electrons. The van der Waals surface area contributed by atoms with Gasteiger partial charge in [-0.2, -0.15) is 0 Å². The van der Waals surface area contributed by atoms with Crippen molar-refractivity contribution in [1.82, 2.24) is 4.90 Å². The van der Waals surface area contributed by atoms with Gasteiger partial charge in [0.25, 0.3) is 0 Å². The molecule has 1 aliphatic heterocycles. The molecule has 1 amide bonds. The number of carbonyl (C=O) groups excluding carboxylic acids is 1. The lowest BCUT2D eigenvalue weighted by atomic mass is 9.92. The first kappa shape index (κ1) is 18.2. The number of rotatable bonds is 4. The Balaban J connectivity index is 0.00000220. The number of hydrogen-bond donors (Lipinski definition) is 2. The molecule has 1 fully saturated rings. The molecule has 0 saturated carbocycles. The Hall–Kier alpha value is -0.810. The molecule has 1 aliphatic rings. The molecule has 1 aromatic rings. The molecular weight excluding hydrogens is 309 g/mol. The summed E-state index contributed by atoms with van der Waals surface area (Å²) < 4.78 is 0. The summed E-state index contributed by atoms with van der Waals surface area (Å²) in [7, 11) is 0. The average molecular weight is 332 g/mol. The van der Waals surface area contributed by atoms with E-state index in [1.165, 1.54) is 0 Å². The zero-order valence-corrected chi connectivity index (χ0v) is 13.8. The normalized spacial score (nSPS) is 20.4. The molecular formula is C15H23Cl2N3O. The highest BCUT2D eigenvalue weighted by atomic mass is 35.5. The maximum absolute atomic E-state index is 12.0. The van der Waals surface area contributed by atoms with Crippen molar-refractivity contribution < 1.29 is 4.79 Å². The van der Waals surface area contributed by atoms with E-state index >= 15 is 0 Å². The minimum Gasteiger partial charge on any atom is -0.328 e. The number of halogens is 2. The van der Waals surface area contributed by atoms with Crippen LogP contribution in [0.5, 0.6) is 0 Å². The minimum atomic E-state index is -0.00223. The van der Waals surface area contributed by atoms with Gasteiger partial charge in [0, 0.05) is 23.3 Å². The maximum Gasteiger partial charge on any atom is 0.238 e.